The number of nitro groups is 1. The van der Waals surface area contributed by atoms with Gasteiger partial charge in [-0.2, -0.15) is 10.5 Å². The van der Waals surface area contributed by atoms with Crippen LogP contribution in [0, 0.1) is 32.8 Å². The van der Waals surface area contributed by atoms with Crippen molar-refractivity contribution >= 4 is 5.78 Å². The normalized spacial score (nSPS) is 32.5. The van der Waals surface area contributed by atoms with E-state index in [1.165, 1.54) is 19.1 Å². The number of nitriles is 2. The third kappa shape index (κ3) is 3.44. The summed E-state index contributed by atoms with van der Waals surface area (Å²) in [6.07, 6.45) is 1.62. The van der Waals surface area contributed by atoms with Crippen LogP contribution in [-0.2, 0) is 9.53 Å². The number of hydrogen-bond acceptors (Lipinski definition) is 10. The molecule has 0 aromatic heterocycles. The summed E-state index contributed by atoms with van der Waals surface area (Å²) in [5.41, 5.74) is 0. The third-order valence-corrected chi connectivity index (χ3v) is 5.24. The first kappa shape index (κ1) is 19.5. The summed E-state index contributed by atoms with van der Waals surface area (Å²) in [7, 11) is 0. The fourth-order valence-electron chi connectivity index (χ4n) is 4.15. The van der Waals surface area contributed by atoms with Crippen LogP contribution >= 0.6 is 0 Å². The Labute approximate surface area is 162 Å². The molecular weight excluding hydrogens is 366 g/mol. The van der Waals surface area contributed by atoms with Crippen LogP contribution in [-0.4, -0.2) is 77.5 Å². The van der Waals surface area contributed by atoms with Crippen LogP contribution < -0.4 is 10.6 Å². The van der Waals surface area contributed by atoms with E-state index < -0.39 is 24.2 Å². The zero-order chi connectivity index (χ0) is 20.3. The number of carbonyl (C=O) groups excluding carboxylic acids is 1. The summed E-state index contributed by atoms with van der Waals surface area (Å²) in [5.74, 6) is 0.656. The molecule has 3 saturated heterocycles. The number of carbonyl (C=O) groups is 1. The molecule has 0 spiro atoms. The predicted octanol–water partition coefficient (Wildman–Crippen LogP) is -1.10. The molecule has 0 amide bonds. The van der Waals surface area contributed by atoms with E-state index >= 15 is 0 Å². The summed E-state index contributed by atoms with van der Waals surface area (Å²) >= 11 is 0. The van der Waals surface area contributed by atoms with Gasteiger partial charge in [-0.25, -0.2) is 0 Å². The van der Waals surface area contributed by atoms with Crippen molar-refractivity contribution < 1.29 is 14.5 Å². The maximum Gasteiger partial charge on any atom is 0.258 e. The standard InChI is InChI=1S/C17H21N7O4/c1-11(25)17-16(23-9-7-21-14(23)3-5-19)15(24(26)27)12(10-28-17)22-8-6-20-13(22)2-4-18/h2-3,12,15-17,20-21H,6-10H2,1H3. The molecule has 3 fully saturated rings. The predicted molar refractivity (Wildman–Crippen MR) is 95.6 cm³/mol. The summed E-state index contributed by atoms with van der Waals surface area (Å²) in [6, 6.07) is 1.20. The monoisotopic (exact) mass is 387 g/mol. The van der Waals surface area contributed by atoms with Gasteiger partial charge >= 0.3 is 0 Å². The molecule has 0 bridgehead atoms. The van der Waals surface area contributed by atoms with E-state index in [0.29, 0.717) is 37.8 Å². The Hall–Kier alpha value is -3.31. The molecule has 3 heterocycles. The Morgan fingerprint density at radius 2 is 1.79 bits per heavy atom. The molecule has 0 saturated carbocycles. The van der Waals surface area contributed by atoms with Crippen LogP contribution in [0.15, 0.2) is 23.8 Å². The van der Waals surface area contributed by atoms with Crippen molar-refractivity contribution in [2.24, 2.45) is 0 Å². The Bertz CT molecular complexity index is 796. The fourth-order valence-corrected chi connectivity index (χ4v) is 4.15. The van der Waals surface area contributed by atoms with Crippen molar-refractivity contribution in [3.05, 3.63) is 33.9 Å². The van der Waals surface area contributed by atoms with Gasteiger partial charge in [0.05, 0.1) is 30.9 Å². The molecule has 28 heavy (non-hydrogen) atoms. The molecular formula is C17H21N7O4. The highest BCUT2D eigenvalue weighted by molar-refractivity contribution is 5.81. The Morgan fingerprint density at radius 1 is 1.21 bits per heavy atom. The van der Waals surface area contributed by atoms with Gasteiger partial charge in [0.25, 0.3) is 6.04 Å². The average molecular weight is 387 g/mol. The maximum atomic E-state index is 12.2. The van der Waals surface area contributed by atoms with Crippen molar-refractivity contribution in [2.45, 2.75) is 31.2 Å². The van der Waals surface area contributed by atoms with Gasteiger partial charge in [0, 0.05) is 31.1 Å². The summed E-state index contributed by atoms with van der Waals surface area (Å²) in [4.78, 5) is 27.5. The molecule has 3 rings (SSSR count). The SMILES string of the molecule is CC(=O)C1OCC(N2CCNC2=CC#N)C([N+](=O)[O-])C1N1CCNC1=CC#N. The number of nitrogens with zero attached hydrogens (tertiary/aromatic N) is 5. The number of ketones is 1. The first-order valence-corrected chi connectivity index (χ1v) is 8.95. The quantitative estimate of drug-likeness (QED) is 0.346. The Kier molecular flexibility index (Phi) is 5.66. The molecule has 11 nitrogen and oxygen atoms in total. The molecule has 0 aromatic carbocycles. The topological polar surface area (TPSA) is 148 Å². The highest BCUT2D eigenvalue weighted by atomic mass is 16.6. The first-order chi connectivity index (χ1) is 13.5. The van der Waals surface area contributed by atoms with Gasteiger partial charge in [-0.3, -0.25) is 14.9 Å². The molecule has 4 atom stereocenters. The molecule has 11 heteroatoms. The minimum Gasteiger partial charge on any atom is -0.369 e. The van der Waals surface area contributed by atoms with Crippen molar-refractivity contribution in [3.63, 3.8) is 0 Å². The number of allylic oxidation sites excluding steroid dienone is 2. The Balaban J connectivity index is 2.02. The van der Waals surface area contributed by atoms with Crippen LogP contribution in [0.4, 0.5) is 0 Å². The Morgan fingerprint density at radius 3 is 2.32 bits per heavy atom. The van der Waals surface area contributed by atoms with E-state index in [1.54, 1.807) is 9.80 Å². The van der Waals surface area contributed by atoms with E-state index in [1.807, 2.05) is 12.1 Å². The fraction of sp³-hybridized carbons (Fsp3) is 0.588. The zero-order valence-corrected chi connectivity index (χ0v) is 15.4. The second-order valence-electron chi connectivity index (χ2n) is 6.76. The van der Waals surface area contributed by atoms with Crippen LogP contribution in [0.3, 0.4) is 0 Å². The lowest BCUT2D eigenvalue weighted by atomic mass is 9.89. The molecule has 3 aliphatic heterocycles. The lowest BCUT2D eigenvalue weighted by Crippen LogP contribution is -2.67. The van der Waals surface area contributed by atoms with E-state index in [-0.39, 0.29) is 17.3 Å². The second kappa shape index (κ2) is 8.15. The maximum absolute atomic E-state index is 12.2. The summed E-state index contributed by atoms with van der Waals surface area (Å²) < 4.78 is 5.81. The molecule has 0 aliphatic carbocycles. The molecule has 0 radical (unpaired) electrons. The highest BCUT2D eigenvalue weighted by Crippen LogP contribution is 2.31. The molecule has 3 aliphatic rings. The van der Waals surface area contributed by atoms with Gasteiger partial charge in [-0.1, -0.05) is 0 Å². The number of Topliss-reactive ketones (excluding diaryl/α,β-unsaturated/α-hetero) is 1. The van der Waals surface area contributed by atoms with E-state index in [0.717, 1.165) is 0 Å². The van der Waals surface area contributed by atoms with E-state index in [4.69, 9.17) is 15.3 Å². The van der Waals surface area contributed by atoms with Gasteiger partial charge in [-0.05, 0) is 6.92 Å². The summed E-state index contributed by atoms with van der Waals surface area (Å²) in [5, 5.41) is 36.3. The van der Waals surface area contributed by atoms with Crippen molar-refractivity contribution in [2.75, 3.05) is 32.8 Å². The number of ether oxygens (including phenoxy) is 1. The second-order valence-corrected chi connectivity index (χ2v) is 6.76. The minimum absolute atomic E-state index is 0.00456. The lowest BCUT2D eigenvalue weighted by molar-refractivity contribution is -0.545. The smallest absolute Gasteiger partial charge is 0.258 e. The minimum atomic E-state index is -1.15. The molecule has 2 N–H and O–H groups in total. The lowest BCUT2D eigenvalue weighted by Gasteiger charge is -2.44. The molecule has 0 aromatic rings. The molecule has 4 unspecified atom stereocenters. The van der Waals surface area contributed by atoms with Crippen molar-refractivity contribution in [3.8, 4) is 12.1 Å². The van der Waals surface area contributed by atoms with Gasteiger partial charge in [0.2, 0.25) is 0 Å². The highest BCUT2D eigenvalue weighted by Gasteiger charge is 2.55. The average Bonchev–Trinajstić information content (AvgIpc) is 3.30. The summed E-state index contributed by atoms with van der Waals surface area (Å²) in [6.45, 7) is 3.32. The largest absolute Gasteiger partial charge is 0.369 e. The van der Waals surface area contributed by atoms with Crippen LogP contribution in [0.25, 0.3) is 0 Å². The number of hydrogen-bond donors (Lipinski definition) is 2. The zero-order valence-electron chi connectivity index (χ0n) is 15.4. The van der Waals surface area contributed by atoms with E-state index in [2.05, 4.69) is 10.6 Å². The molecule has 148 valence electrons. The first-order valence-electron chi connectivity index (χ1n) is 8.95. The number of rotatable bonds is 4. The van der Waals surface area contributed by atoms with Gasteiger partial charge in [-0.15, -0.1) is 0 Å². The van der Waals surface area contributed by atoms with Gasteiger partial charge in [0.15, 0.2) is 5.78 Å². The van der Waals surface area contributed by atoms with Crippen LogP contribution in [0.1, 0.15) is 6.92 Å². The number of nitrogens with one attached hydrogen (secondary N) is 2. The van der Waals surface area contributed by atoms with Crippen LogP contribution in [0.5, 0.6) is 0 Å². The van der Waals surface area contributed by atoms with Crippen molar-refractivity contribution in [1.82, 2.24) is 20.4 Å². The third-order valence-electron chi connectivity index (χ3n) is 5.24. The van der Waals surface area contributed by atoms with E-state index in [9.17, 15) is 14.9 Å². The van der Waals surface area contributed by atoms with Gasteiger partial charge in [0.1, 0.15) is 29.8 Å². The van der Waals surface area contributed by atoms with Crippen molar-refractivity contribution in [1.29, 1.82) is 10.5 Å². The van der Waals surface area contributed by atoms with Crippen LogP contribution in [0.2, 0.25) is 0 Å². The van der Waals surface area contributed by atoms with Gasteiger partial charge < -0.3 is 25.2 Å².